The first-order valence-corrected chi connectivity index (χ1v) is 6.72. The molecule has 1 aliphatic rings. The normalized spacial score (nSPS) is 18.3. The van der Waals surface area contributed by atoms with Gasteiger partial charge in [-0.3, -0.25) is 14.8 Å². The monoisotopic (exact) mass is 287 g/mol. The fraction of sp³-hybridized carbons (Fsp3) is 0.267. The average molecular weight is 287 g/mol. The first-order chi connectivity index (χ1) is 10.2. The molecule has 1 aliphatic carbocycles. The Morgan fingerprint density at radius 1 is 1.43 bits per heavy atom. The third kappa shape index (κ3) is 2.56. The fourth-order valence-electron chi connectivity index (χ4n) is 2.60. The maximum atomic E-state index is 12.8. The second kappa shape index (κ2) is 5.47. The van der Waals surface area contributed by atoms with Crippen LogP contribution in [0.3, 0.4) is 0 Å². The number of aliphatic carboxylic acids is 1. The summed E-state index contributed by atoms with van der Waals surface area (Å²) in [6, 6.07) is 3.35. The van der Waals surface area contributed by atoms with Gasteiger partial charge in [-0.1, -0.05) is 6.08 Å². The molecule has 2 heterocycles. The van der Waals surface area contributed by atoms with Gasteiger partial charge in [-0.15, -0.1) is 4.48 Å². The molecule has 1 unspecified atom stereocenters. The van der Waals surface area contributed by atoms with Gasteiger partial charge in [0.25, 0.3) is 0 Å². The third-order valence-corrected chi connectivity index (χ3v) is 3.82. The number of hydrogen-bond acceptors (Lipinski definition) is 4. The van der Waals surface area contributed by atoms with E-state index < -0.39 is 5.97 Å². The minimum absolute atomic E-state index is 0.320. The van der Waals surface area contributed by atoms with Crippen molar-refractivity contribution in [1.29, 1.82) is 0 Å². The largest absolute Gasteiger partial charge is 0.481 e. The number of carboxylic acid groups (broad SMARTS) is 1. The van der Waals surface area contributed by atoms with Crippen LogP contribution in [0.2, 0.25) is 0 Å². The summed E-state index contributed by atoms with van der Waals surface area (Å²) in [6.45, 7) is 0. The number of nitrogens with zero attached hydrogens (tertiary/aromatic N) is 2. The third-order valence-electron chi connectivity index (χ3n) is 3.82. The molecule has 5 nitrogen and oxygen atoms in total. The number of hydrogen-bond donors (Lipinski definition) is 2. The summed E-state index contributed by atoms with van der Waals surface area (Å²) >= 11 is 0. The number of anilines is 1. The van der Waals surface area contributed by atoms with Crippen molar-refractivity contribution in [2.24, 2.45) is 5.92 Å². The van der Waals surface area contributed by atoms with Crippen LogP contribution in [0.25, 0.3) is 16.5 Å². The van der Waals surface area contributed by atoms with Crippen LogP contribution in [-0.4, -0.2) is 21.0 Å². The molecule has 0 saturated heterocycles. The number of pyridine rings is 2. The Labute approximate surface area is 120 Å². The summed E-state index contributed by atoms with van der Waals surface area (Å²) in [7, 11) is 0. The lowest BCUT2D eigenvalue weighted by atomic mass is 9.88. The van der Waals surface area contributed by atoms with Crippen LogP contribution in [0.5, 0.6) is 0 Å². The quantitative estimate of drug-likeness (QED) is 0.848. The Hall–Kier alpha value is -2.50. The molecule has 0 amide bonds. The first-order valence-electron chi connectivity index (χ1n) is 6.72. The van der Waals surface area contributed by atoms with Gasteiger partial charge in [0.05, 0.1) is 29.0 Å². The molecule has 0 spiro atoms. The standard InChI is InChI=1S/C15H14FN3O2/c16-19-12-5-6-17-14-8-18-13(7-11(12)14)9-1-3-10(4-2-9)15(20)21/h1,5-8,10H,2-4H2,(H,17,19)(H,20,21). The molecule has 0 aliphatic heterocycles. The van der Waals surface area contributed by atoms with Crippen LogP contribution < -0.4 is 5.54 Å². The molecule has 2 N–H and O–H groups in total. The van der Waals surface area contributed by atoms with E-state index in [-0.39, 0.29) is 5.92 Å². The van der Waals surface area contributed by atoms with E-state index in [1.54, 1.807) is 23.9 Å². The van der Waals surface area contributed by atoms with Crippen LogP contribution in [0.4, 0.5) is 10.2 Å². The van der Waals surface area contributed by atoms with Crippen molar-refractivity contribution in [3.63, 3.8) is 0 Å². The van der Waals surface area contributed by atoms with E-state index in [9.17, 15) is 9.28 Å². The van der Waals surface area contributed by atoms with Crippen LogP contribution in [0, 0.1) is 5.92 Å². The minimum Gasteiger partial charge on any atom is -0.481 e. The van der Waals surface area contributed by atoms with Gasteiger partial charge in [0.1, 0.15) is 0 Å². The number of carbonyl (C=O) groups is 1. The Balaban J connectivity index is 1.96. The van der Waals surface area contributed by atoms with Gasteiger partial charge >= 0.3 is 5.97 Å². The van der Waals surface area contributed by atoms with Gasteiger partial charge in [-0.2, -0.15) is 0 Å². The van der Waals surface area contributed by atoms with E-state index >= 15 is 0 Å². The zero-order valence-electron chi connectivity index (χ0n) is 11.2. The molecule has 1 atom stereocenters. The molecule has 6 heteroatoms. The van der Waals surface area contributed by atoms with Crippen molar-refractivity contribution in [3.8, 4) is 0 Å². The molecule has 0 radical (unpaired) electrons. The highest BCUT2D eigenvalue weighted by Crippen LogP contribution is 2.31. The van der Waals surface area contributed by atoms with Crippen molar-refractivity contribution in [1.82, 2.24) is 9.97 Å². The Morgan fingerprint density at radius 2 is 2.29 bits per heavy atom. The molecule has 2 aromatic rings. The van der Waals surface area contributed by atoms with Gasteiger partial charge in [-0.25, -0.2) is 5.54 Å². The van der Waals surface area contributed by atoms with Crippen molar-refractivity contribution in [2.45, 2.75) is 19.3 Å². The zero-order chi connectivity index (χ0) is 14.8. The van der Waals surface area contributed by atoms with E-state index in [0.717, 1.165) is 11.3 Å². The number of fused-ring (bicyclic) bond motifs is 1. The number of allylic oxidation sites excluding steroid dienone is 2. The van der Waals surface area contributed by atoms with Gasteiger partial charge in [0.2, 0.25) is 0 Å². The summed E-state index contributed by atoms with van der Waals surface area (Å²) in [5, 5.41) is 9.66. The van der Waals surface area contributed by atoms with Gasteiger partial charge < -0.3 is 5.11 Å². The van der Waals surface area contributed by atoms with E-state index in [1.165, 1.54) is 6.20 Å². The number of nitrogens with one attached hydrogen (secondary N) is 1. The second-order valence-electron chi connectivity index (χ2n) is 5.08. The lowest BCUT2D eigenvalue weighted by molar-refractivity contribution is -0.141. The maximum absolute atomic E-state index is 12.8. The van der Waals surface area contributed by atoms with Crippen molar-refractivity contribution < 1.29 is 14.4 Å². The topological polar surface area (TPSA) is 75.1 Å². The lowest BCUT2D eigenvalue weighted by Gasteiger charge is -2.18. The van der Waals surface area contributed by atoms with Crippen LogP contribution in [-0.2, 0) is 4.79 Å². The first kappa shape index (κ1) is 13.5. The number of aromatic nitrogens is 2. The summed E-state index contributed by atoms with van der Waals surface area (Å²) in [6.07, 6.45) is 6.80. The summed E-state index contributed by atoms with van der Waals surface area (Å²) in [5.74, 6) is -1.08. The van der Waals surface area contributed by atoms with E-state index in [1.807, 2.05) is 6.08 Å². The van der Waals surface area contributed by atoms with Crippen molar-refractivity contribution in [3.05, 3.63) is 36.3 Å². The van der Waals surface area contributed by atoms with E-state index in [2.05, 4.69) is 9.97 Å². The van der Waals surface area contributed by atoms with Crippen LogP contribution in [0.15, 0.2) is 30.6 Å². The molecule has 0 bridgehead atoms. The number of carboxylic acids is 1. The predicted octanol–water partition coefficient (Wildman–Crippen LogP) is 3.19. The highest BCUT2D eigenvalue weighted by atomic mass is 19.2. The zero-order valence-corrected chi connectivity index (χ0v) is 11.2. The number of halogens is 1. The summed E-state index contributed by atoms with van der Waals surface area (Å²) in [4.78, 5) is 19.4. The Kier molecular flexibility index (Phi) is 3.51. The van der Waals surface area contributed by atoms with E-state index in [0.29, 0.717) is 35.9 Å². The second-order valence-corrected chi connectivity index (χ2v) is 5.08. The van der Waals surface area contributed by atoms with Crippen LogP contribution >= 0.6 is 0 Å². The van der Waals surface area contributed by atoms with Gasteiger partial charge in [0.15, 0.2) is 0 Å². The van der Waals surface area contributed by atoms with Crippen molar-refractivity contribution >= 4 is 28.1 Å². The maximum Gasteiger partial charge on any atom is 0.306 e. The van der Waals surface area contributed by atoms with Crippen LogP contribution in [0.1, 0.15) is 25.0 Å². The van der Waals surface area contributed by atoms with Gasteiger partial charge in [0, 0.05) is 11.6 Å². The summed E-state index contributed by atoms with van der Waals surface area (Å²) < 4.78 is 12.8. The minimum atomic E-state index is -0.759. The smallest absolute Gasteiger partial charge is 0.306 e. The molecule has 0 aromatic carbocycles. The molecule has 0 fully saturated rings. The van der Waals surface area contributed by atoms with Gasteiger partial charge in [-0.05, 0) is 37.0 Å². The highest BCUT2D eigenvalue weighted by Gasteiger charge is 2.21. The molecular formula is C15H14FN3O2. The predicted molar refractivity (Wildman–Crippen MR) is 77.2 cm³/mol. The molecule has 0 saturated carbocycles. The summed E-state index contributed by atoms with van der Waals surface area (Å²) in [5.41, 5.74) is 4.37. The molecule has 108 valence electrons. The number of rotatable bonds is 3. The molecule has 3 rings (SSSR count). The average Bonchev–Trinajstić information content (AvgIpc) is 2.53. The van der Waals surface area contributed by atoms with E-state index in [4.69, 9.17) is 5.11 Å². The fourth-order valence-corrected chi connectivity index (χ4v) is 2.60. The SMILES string of the molecule is O=C(O)C1CC=C(c2cc3c(NF)ccnc3cn2)CC1. The van der Waals surface area contributed by atoms with Crippen molar-refractivity contribution in [2.75, 3.05) is 5.54 Å². The molecule has 2 aromatic heterocycles. The highest BCUT2D eigenvalue weighted by molar-refractivity contribution is 5.92. The Morgan fingerprint density at radius 3 is 2.95 bits per heavy atom. The molecular weight excluding hydrogens is 273 g/mol. The lowest BCUT2D eigenvalue weighted by Crippen LogP contribution is -2.15. The molecule has 21 heavy (non-hydrogen) atoms. The Bertz CT molecular complexity index is 730.